The average Bonchev–Trinajstić information content (AvgIpc) is 3.44. The third-order valence-corrected chi connectivity index (χ3v) is 5.69. The highest BCUT2D eigenvalue weighted by Gasteiger charge is 2.63. The third kappa shape index (κ3) is 2.76. The van der Waals surface area contributed by atoms with Crippen molar-refractivity contribution in [3.8, 4) is 5.75 Å². The normalized spacial score (nSPS) is 21.4. The summed E-state index contributed by atoms with van der Waals surface area (Å²) in [6.07, 6.45) is 2.44. The predicted molar refractivity (Wildman–Crippen MR) is 97.3 cm³/mol. The second kappa shape index (κ2) is 6.40. The molecule has 2 aromatic carbocycles. The fraction of sp³-hybridized carbons (Fsp3) is 0.381. The van der Waals surface area contributed by atoms with Crippen LogP contribution in [0.2, 0.25) is 0 Å². The summed E-state index contributed by atoms with van der Waals surface area (Å²) in [5, 5.41) is 0. The lowest BCUT2D eigenvalue weighted by atomic mass is 10.1. The van der Waals surface area contributed by atoms with Crippen LogP contribution < -0.4 is 4.74 Å². The molecule has 1 spiro atoms. The van der Waals surface area contributed by atoms with E-state index in [1.165, 1.54) is 12.1 Å². The molecular weight excluding hydrogens is 331 g/mol. The summed E-state index contributed by atoms with van der Waals surface area (Å²) in [5.74, 6) is 0.765. The molecule has 26 heavy (non-hydrogen) atoms. The number of amides is 1. The molecule has 1 atom stereocenters. The van der Waals surface area contributed by atoms with E-state index >= 15 is 0 Å². The quantitative estimate of drug-likeness (QED) is 0.825. The molecule has 1 aliphatic heterocycles. The first-order valence-corrected chi connectivity index (χ1v) is 8.97. The van der Waals surface area contributed by atoms with Gasteiger partial charge in [0, 0.05) is 6.54 Å². The van der Waals surface area contributed by atoms with Gasteiger partial charge in [-0.05, 0) is 61.7 Å². The second-order valence-corrected chi connectivity index (χ2v) is 7.16. The Kier molecular flexibility index (Phi) is 4.19. The molecule has 5 heteroatoms. The molecule has 1 amide bonds. The standard InChI is InChI=1S/C21H23FN2O2/c1-23-19(16-5-7-17(22)8-6-16)24(20(25)21(23)12-13-21)14-11-15-3-9-18(26-2)10-4-15/h3-10,19H,11-14H2,1-2H3. The Morgan fingerprint density at radius 1 is 1.12 bits per heavy atom. The Balaban J connectivity index is 1.56. The van der Waals surface area contributed by atoms with Crippen molar-refractivity contribution in [1.82, 2.24) is 9.80 Å². The predicted octanol–water partition coefficient (Wildman–Crippen LogP) is 3.38. The van der Waals surface area contributed by atoms with Crippen molar-refractivity contribution in [3.63, 3.8) is 0 Å². The first kappa shape index (κ1) is 17.0. The molecule has 1 aliphatic carbocycles. The van der Waals surface area contributed by atoms with Crippen molar-refractivity contribution in [2.75, 3.05) is 20.7 Å². The molecule has 0 aromatic heterocycles. The van der Waals surface area contributed by atoms with E-state index in [4.69, 9.17) is 4.74 Å². The highest BCUT2D eigenvalue weighted by atomic mass is 19.1. The van der Waals surface area contributed by atoms with Crippen molar-refractivity contribution in [1.29, 1.82) is 0 Å². The van der Waals surface area contributed by atoms with E-state index in [0.717, 1.165) is 36.1 Å². The lowest BCUT2D eigenvalue weighted by Gasteiger charge is -2.29. The van der Waals surface area contributed by atoms with Crippen LogP contribution in [-0.4, -0.2) is 41.9 Å². The van der Waals surface area contributed by atoms with E-state index in [1.54, 1.807) is 19.2 Å². The number of methoxy groups -OCH3 is 1. The number of hydrogen-bond acceptors (Lipinski definition) is 3. The molecule has 0 bridgehead atoms. The maximum atomic E-state index is 13.3. The molecule has 4 nitrogen and oxygen atoms in total. The number of carbonyl (C=O) groups excluding carboxylic acids is 1. The van der Waals surface area contributed by atoms with Gasteiger partial charge < -0.3 is 9.64 Å². The molecule has 1 saturated heterocycles. The monoisotopic (exact) mass is 354 g/mol. The Bertz CT molecular complexity index is 800. The first-order chi connectivity index (χ1) is 12.5. The Labute approximate surface area is 153 Å². The van der Waals surface area contributed by atoms with Gasteiger partial charge in [0.1, 0.15) is 23.3 Å². The van der Waals surface area contributed by atoms with Gasteiger partial charge >= 0.3 is 0 Å². The second-order valence-electron chi connectivity index (χ2n) is 7.16. The zero-order valence-corrected chi connectivity index (χ0v) is 15.1. The van der Waals surface area contributed by atoms with Crippen LogP contribution in [-0.2, 0) is 11.2 Å². The molecule has 4 rings (SSSR count). The van der Waals surface area contributed by atoms with Crippen LogP contribution in [0.4, 0.5) is 4.39 Å². The van der Waals surface area contributed by atoms with Crippen LogP contribution in [0.25, 0.3) is 0 Å². The molecule has 0 radical (unpaired) electrons. The van der Waals surface area contributed by atoms with Crippen LogP contribution in [0, 0.1) is 5.82 Å². The van der Waals surface area contributed by atoms with E-state index in [9.17, 15) is 9.18 Å². The fourth-order valence-electron chi connectivity index (χ4n) is 3.96. The van der Waals surface area contributed by atoms with Gasteiger partial charge in [-0.1, -0.05) is 24.3 Å². The molecule has 1 saturated carbocycles. The number of nitrogens with zero attached hydrogens (tertiary/aromatic N) is 2. The Hall–Kier alpha value is -2.40. The van der Waals surface area contributed by atoms with Gasteiger partial charge in [0.2, 0.25) is 5.91 Å². The van der Waals surface area contributed by atoms with Gasteiger partial charge in [0.05, 0.1) is 7.11 Å². The van der Waals surface area contributed by atoms with Gasteiger partial charge in [-0.3, -0.25) is 9.69 Å². The fourth-order valence-corrected chi connectivity index (χ4v) is 3.96. The Morgan fingerprint density at radius 2 is 1.77 bits per heavy atom. The summed E-state index contributed by atoms with van der Waals surface area (Å²) in [4.78, 5) is 17.2. The van der Waals surface area contributed by atoms with Gasteiger partial charge in [0.25, 0.3) is 0 Å². The van der Waals surface area contributed by atoms with Crippen LogP contribution in [0.15, 0.2) is 48.5 Å². The summed E-state index contributed by atoms with van der Waals surface area (Å²) in [6, 6.07) is 14.4. The summed E-state index contributed by atoms with van der Waals surface area (Å²) in [5.41, 5.74) is 1.77. The van der Waals surface area contributed by atoms with Gasteiger partial charge in [-0.15, -0.1) is 0 Å². The largest absolute Gasteiger partial charge is 0.497 e. The van der Waals surface area contributed by atoms with E-state index < -0.39 is 0 Å². The van der Waals surface area contributed by atoms with Crippen LogP contribution in [0.3, 0.4) is 0 Å². The number of carbonyl (C=O) groups is 1. The topological polar surface area (TPSA) is 32.8 Å². The zero-order chi connectivity index (χ0) is 18.3. The molecule has 1 unspecified atom stereocenters. The molecule has 0 N–H and O–H groups in total. The van der Waals surface area contributed by atoms with Crippen molar-refractivity contribution in [2.24, 2.45) is 0 Å². The number of halogens is 1. The minimum Gasteiger partial charge on any atom is -0.497 e. The van der Waals surface area contributed by atoms with Crippen molar-refractivity contribution in [2.45, 2.75) is 31.0 Å². The zero-order valence-electron chi connectivity index (χ0n) is 15.1. The van der Waals surface area contributed by atoms with E-state index in [2.05, 4.69) is 4.90 Å². The molecule has 2 aliphatic rings. The lowest BCUT2D eigenvalue weighted by molar-refractivity contribution is -0.130. The smallest absolute Gasteiger partial charge is 0.244 e. The summed E-state index contributed by atoms with van der Waals surface area (Å²) < 4.78 is 18.5. The van der Waals surface area contributed by atoms with Gasteiger partial charge in [0.15, 0.2) is 0 Å². The molecule has 2 fully saturated rings. The maximum Gasteiger partial charge on any atom is 0.244 e. The van der Waals surface area contributed by atoms with E-state index in [-0.39, 0.29) is 23.4 Å². The summed E-state index contributed by atoms with van der Waals surface area (Å²) in [6.45, 7) is 0.638. The summed E-state index contributed by atoms with van der Waals surface area (Å²) >= 11 is 0. The van der Waals surface area contributed by atoms with E-state index in [0.29, 0.717) is 6.54 Å². The van der Waals surface area contributed by atoms with Crippen LogP contribution in [0.1, 0.15) is 30.1 Å². The van der Waals surface area contributed by atoms with Gasteiger partial charge in [-0.2, -0.15) is 0 Å². The number of likely N-dealkylation sites (N-methyl/N-ethyl adjacent to an activating group) is 1. The average molecular weight is 354 g/mol. The minimum absolute atomic E-state index is 0.135. The van der Waals surface area contributed by atoms with Crippen LogP contribution in [0.5, 0.6) is 5.75 Å². The lowest BCUT2D eigenvalue weighted by Crippen LogP contribution is -2.33. The van der Waals surface area contributed by atoms with Crippen molar-refractivity contribution >= 4 is 5.91 Å². The van der Waals surface area contributed by atoms with Crippen LogP contribution >= 0.6 is 0 Å². The van der Waals surface area contributed by atoms with Crippen molar-refractivity contribution < 1.29 is 13.9 Å². The molecule has 136 valence electrons. The molecule has 1 heterocycles. The number of rotatable bonds is 5. The number of ether oxygens (including phenoxy) is 1. The summed E-state index contributed by atoms with van der Waals surface area (Å²) in [7, 11) is 3.66. The maximum absolute atomic E-state index is 13.3. The van der Waals surface area contributed by atoms with Gasteiger partial charge in [-0.25, -0.2) is 4.39 Å². The molecular formula is C21H23FN2O2. The highest BCUT2D eigenvalue weighted by molar-refractivity contribution is 5.92. The SMILES string of the molecule is COc1ccc(CCN2C(=O)C3(CC3)N(C)C2c2ccc(F)cc2)cc1. The minimum atomic E-state index is -0.348. The van der Waals surface area contributed by atoms with Crippen molar-refractivity contribution in [3.05, 3.63) is 65.5 Å². The molecule has 2 aromatic rings. The van der Waals surface area contributed by atoms with E-state index in [1.807, 2.05) is 36.2 Å². The number of benzene rings is 2. The Morgan fingerprint density at radius 3 is 2.35 bits per heavy atom. The third-order valence-electron chi connectivity index (χ3n) is 5.69. The first-order valence-electron chi connectivity index (χ1n) is 8.97. The highest BCUT2D eigenvalue weighted by Crippen LogP contribution is 2.52. The number of hydrogen-bond donors (Lipinski definition) is 0.